The molecule has 5 heteroatoms. The first kappa shape index (κ1) is 13.8. The average molecular weight is 278 g/mol. The van der Waals surface area contributed by atoms with E-state index in [2.05, 4.69) is 4.98 Å². The quantitative estimate of drug-likeness (QED) is 0.914. The van der Waals surface area contributed by atoms with Gasteiger partial charge in [0.2, 0.25) is 0 Å². The van der Waals surface area contributed by atoms with Crippen LogP contribution < -0.4 is 9.61 Å². The summed E-state index contributed by atoms with van der Waals surface area (Å²) in [6.07, 6.45) is 0. The summed E-state index contributed by atoms with van der Waals surface area (Å²) < 4.78 is 5.63. The van der Waals surface area contributed by atoms with Crippen molar-refractivity contribution in [3.8, 4) is 17.0 Å². The molecule has 0 unspecified atom stereocenters. The Kier molecular flexibility index (Phi) is 4.39. The van der Waals surface area contributed by atoms with Crippen LogP contribution in [-0.4, -0.2) is 30.6 Å². The van der Waals surface area contributed by atoms with Crippen LogP contribution in [0.15, 0.2) is 29.1 Å². The molecule has 4 nitrogen and oxygen atoms in total. The van der Waals surface area contributed by atoms with Crippen LogP contribution in [0.3, 0.4) is 0 Å². The molecule has 2 aromatic rings. The van der Waals surface area contributed by atoms with E-state index >= 15 is 0 Å². The molecule has 0 aliphatic rings. The van der Waals surface area contributed by atoms with Crippen molar-refractivity contribution in [3.63, 3.8) is 0 Å². The van der Waals surface area contributed by atoms with Crippen LogP contribution in [0.2, 0.25) is 0 Å². The number of benzene rings is 1. The molecule has 0 amide bonds. The van der Waals surface area contributed by atoms with Crippen molar-refractivity contribution in [3.05, 3.63) is 38.8 Å². The molecule has 0 aliphatic heterocycles. The minimum atomic E-state index is -0.0295. The van der Waals surface area contributed by atoms with Gasteiger partial charge in [-0.25, -0.2) is 0 Å². The molecular formula is C14H18N2O2S. The molecule has 1 heterocycles. The normalized spacial score (nSPS) is 10.9. The van der Waals surface area contributed by atoms with Crippen LogP contribution in [0.4, 0.5) is 0 Å². The summed E-state index contributed by atoms with van der Waals surface area (Å²) in [6, 6.07) is 7.79. The Labute approximate surface area is 116 Å². The number of nitrogens with zero attached hydrogens (tertiary/aromatic N) is 1. The minimum Gasteiger partial charge on any atom is -0.493 e. The van der Waals surface area contributed by atoms with Crippen LogP contribution in [0.5, 0.6) is 5.75 Å². The fraction of sp³-hybridized carbons (Fsp3) is 0.357. The van der Waals surface area contributed by atoms with E-state index in [-0.39, 0.29) is 4.87 Å². The van der Waals surface area contributed by atoms with Gasteiger partial charge in [0.05, 0.1) is 12.3 Å². The zero-order valence-corrected chi connectivity index (χ0v) is 12.2. The summed E-state index contributed by atoms with van der Waals surface area (Å²) in [6.45, 7) is 3.29. The Hall–Kier alpha value is -1.59. The Bertz CT molecular complexity index is 601. The summed E-state index contributed by atoms with van der Waals surface area (Å²) in [7, 11) is 3.98. The summed E-state index contributed by atoms with van der Waals surface area (Å²) >= 11 is 1.26. The predicted octanol–water partition coefficient (Wildman–Crippen LogP) is 2.56. The molecule has 19 heavy (non-hydrogen) atoms. The van der Waals surface area contributed by atoms with Crippen LogP contribution in [0.25, 0.3) is 11.3 Å². The molecule has 1 aromatic heterocycles. The molecule has 1 aromatic carbocycles. The monoisotopic (exact) mass is 278 g/mol. The van der Waals surface area contributed by atoms with Crippen LogP contribution in [0, 0.1) is 0 Å². The van der Waals surface area contributed by atoms with Crippen molar-refractivity contribution < 1.29 is 4.74 Å². The standard InChI is InChI=1S/C14H18N2O2S/c1-4-18-11-8-6-5-7-10(11)13-12(9-16(2)3)19-14(17)15-13/h5-8H,4,9H2,1-3H3,(H,15,17). The van der Waals surface area contributed by atoms with E-state index < -0.39 is 0 Å². The summed E-state index contributed by atoms with van der Waals surface area (Å²) in [5, 5.41) is 0. The highest BCUT2D eigenvalue weighted by molar-refractivity contribution is 7.09. The number of para-hydroxylation sites is 1. The number of ether oxygens (including phenoxy) is 1. The molecule has 0 saturated carbocycles. The Morgan fingerprint density at radius 1 is 1.32 bits per heavy atom. The number of aromatic amines is 1. The van der Waals surface area contributed by atoms with Gasteiger partial charge in [0, 0.05) is 17.0 Å². The number of hydrogen-bond donors (Lipinski definition) is 1. The topological polar surface area (TPSA) is 45.3 Å². The molecule has 0 fully saturated rings. The minimum absolute atomic E-state index is 0.0295. The molecule has 0 spiro atoms. The van der Waals surface area contributed by atoms with Crippen molar-refractivity contribution in [1.29, 1.82) is 0 Å². The van der Waals surface area contributed by atoms with Crippen LogP contribution in [-0.2, 0) is 6.54 Å². The Morgan fingerprint density at radius 3 is 2.74 bits per heavy atom. The van der Waals surface area contributed by atoms with Crippen molar-refractivity contribution in [2.45, 2.75) is 13.5 Å². The fourth-order valence-corrected chi connectivity index (χ4v) is 2.89. The molecule has 102 valence electrons. The van der Waals surface area contributed by atoms with E-state index in [1.54, 1.807) is 0 Å². The SMILES string of the molecule is CCOc1ccccc1-c1[nH]c(=O)sc1CN(C)C. The largest absolute Gasteiger partial charge is 0.493 e. The third-order valence-corrected chi connectivity index (χ3v) is 3.50. The van der Waals surface area contributed by atoms with Crippen molar-refractivity contribution in [2.24, 2.45) is 0 Å². The number of hydrogen-bond acceptors (Lipinski definition) is 4. The number of rotatable bonds is 5. The molecule has 0 atom stereocenters. The van der Waals surface area contributed by atoms with Gasteiger partial charge in [-0.1, -0.05) is 23.5 Å². The zero-order chi connectivity index (χ0) is 13.8. The van der Waals surface area contributed by atoms with Crippen molar-refractivity contribution in [1.82, 2.24) is 9.88 Å². The average Bonchev–Trinajstić information content (AvgIpc) is 2.70. The lowest BCUT2D eigenvalue weighted by molar-refractivity contribution is 0.341. The second-order valence-corrected chi connectivity index (χ2v) is 5.55. The van der Waals surface area contributed by atoms with Gasteiger partial charge in [0.1, 0.15) is 5.75 Å². The van der Waals surface area contributed by atoms with E-state index in [0.29, 0.717) is 6.61 Å². The van der Waals surface area contributed by atoms with Gasteiger partial charge in [-0.15, -0.1) is 0 Å². The predicted molar refractivity (Wildman–Crippen MR) is 78.9 cm³/mol. The van der Waals surface area contributed by atoms with Gasteiger partial charge < -0.3 is 14.6 Å². The van der Waals surface area contributed by atoms with Crippen molar-refractivity contribution in [2.75, 3.05) is 20.7 Å². The second kappa shape index (κ2) is 6.04. The first-order valence-corrected chi connectivity index (χ1v) is 7.02. The third-order valence-electron chi connectivity index (χ3n) is 2.64. The molecule has 0 bridgehead atoms. The van der Waals surface area contributed by atoms with Crippen molar-refractivity contribution >= 4 is 11.3 Å². The van der Waals surface area contributed by atoms with Gasteiger partial charge >= 0.3 is 4.87 Å². The number of H-pyrrole nitrogens is 1. The van der Waals surface area contributed by atoms with E-state index in [4.69, 9.17) is 4.74 Å². The van der Waals surface area contributed by atoms with Gasteiger partial charge in [-0.05, 0) is 33.2 Å². The van der Waals surface area contributed by atoms with Gasteiger partial charge in [0.25, 0.3) is 0 Å². The molecule has 2 rings (SSSR count). The van der Waals surface area contributed by atoms with E-state index in [0.717, 1.165) is 28.4 Å². The maximum atomic E-state index is 11.6. The van der Waals surface area contributed by atoms with Crippen LogP contribution >= 0.6 is 11.3 Å². The van der Waals surface area contributed by atoms with Crippen LogP contribution in [0.1, 0.15) is 11.8 Å². The highest BCUT2D eigenvalue weighted by Gasteiger charge is 2.14. The Balaban J connectivity index is 2.49. The summed E-state index contributed by atoms with van der Waals surface area (Å²) in [5.41, 5.74) is 1.81. The zero-order valence-electron chi connectivity index (χ0n) is 11.4. The van der Waals surface area contributed by atoms with Gasteiger partial charge in [-0.3, -0.25) is 4.79 Å². The van der Waals surface area contributed by atoms with E-state index in [1.165, 1.54) is 11.3 Å². The van der Waals surface area contributed by atoms with Gasteiger partial charge in [0.15, 0.2) is 0 Å². The number of nitrogens with one attached hydrogen (secondary N) is 1. The lowest BCUT2D eigenvalue weighted by Gasteiger charge is -2.12. The smallest absolute Gasteiger partial charge is 0.305 e. The first-order valence-electron chi connectivity index (χ1n) is 6.20. The number of aromatic nitrogens is 1. The molecular weight excluding hydrogens is 260 g/mol. The maximum absolute atomic E-state index is 11.6. The summed E-state index contributed by atoms with van der Waals surface area (Å²) in [4.78, 5) is 17.6. The third kappa shape index (κ3) is 3.24. The summed E-state index contributed by atoms with van der Waals surface area (Å²) in [5.74, 6) is 0.805. The lowest BCUT2D eigenvalue weighted by Crippen LogP contribution is -2.10. The maximum Gasteiger partial charge on any atom is 0.305 e. The second-order valence-electron chi connectivity index (χ2n) is 4.48. The molecule has 0 radical (unpaired) electrons. The highest BCUT2D eigenvalue weighted by atomic mass is 32.1. The Morgan fingerprint density at radius 2 is 2.05 bits per heavy atom. The molecule has 0 aliphatic carbocycles. The highest BCUT2D eigenvalue weighted by Crippen LogP contribution is 2.32. The lowest BCUT2D eigenvalue weighted by atomic mass is 10.1. The fourth-order valence-electron chi connectivity index (χ4n) is 1.93. The van der Waals surface area contributed by atoms with Gasteiger partial charge in [-0.2, -0.15) is 0 Å². The first-order chi connectivity index (χ1) is 9.11. The number of thiazole rings is 1. The van der Waals surface area contributed by atoms with E-state index in [9.17, 15) is 4.79 Å². The van der Waals surface area contributed by atoms with E-state index in [1.807, 2.05) is 50.2 Å². The molecule has 1 N–H and O–H groups in total. The molecule has 0 saturated heterocycles.